The van der Waals surface area contributed by atoms with Gasteiger partial charge in [0.2, 0.25) is 0 Å². The molecule has 1 saturated heterocycles. The number of amides is 2. The Kier molecular flexibility index (Phi) is 4.98. The van der Waals surface area contributed by atoms with Crippen LogP contribution in [-0.4, -0.2) is 46.8 Å². The van der Waals surface area contributed by atoms with Gasteiger partial charge in [-0.2, -0.15) is 5.10 Å². The SMILES string of the molecule is CN(C)c1cc(CNC(=O)N2CCCC[C@@H]2c2cn[nH]c2)ccn1. The van der Waals surface area contributed by atoms with E-state index in [1.807, 2.05) is 48.4 Å². The minimum atomic E-state index is -0.0240. The number of anilines is 1. The number of nitrogens with one attached hydrogen (secondary N) is 2. The fourth-order valence-electron chi connectivity index (χ4n) is 3.06. The zero-order chi connectivity index (χ0) is 16.9. The highest BCUT2D eigenvalue weighted by molar-refractivity contribution is 5.75. The van der Waals surface area contributed by atoms with Crippen molar-refractivity contribution in [3.63, 3.8) is 0 Å². The number of hydrogen-bond acceptors (Lipinski definition) is 4. The number of pyridine rings is 1. The molecule has 0 unspecified atom stereocenters. The van der Waals surface area contributed by atoms with Gasteiger partial charge < -0.3 is 15.1 Å². The molecular weight excluding hydrogens is 304 g/mol. The lowest BCUT2D eigenvalue weighted by Gasteiger charge is -2.35. The molecule has 0 aromatic carbocycles. The molecule has 0 radical (unpaired) electrons. The average Bonchev–Trinajstić information content (AvgIpc) is 3.14. The maximum Gasteiger partial charge on any atom is 0.318 e. The molecule has 0 saturated carbocycles. The standard InChI is InChI=1S/C17H24N6O/c1-22(2)16-9-13(6-7-18-16)10-19-17(24)23-8-4-3-5-15(23)14-11-20-21-12-14/h6-7,9,11-12,15H,3-5,8,10H2,1-2H3,(H,19,24)(H,20,21)/t15-/m1/s1. The van der Waals surface area contributed by atoms with Crippen molar-refractivity contribution >= 4 is 11.8 Å². The normalized spacial score (nSPS) is 17.6. The third-order valence-corrected chi connectivity index (χ3v) is 4.38. The third-order valence-electron chi connectivity index (χ3n) is 4.38. The van der Waals surface area contributed by atoms with E-state index in [1.165, 1.54) is 0 Å². The van der Waals surface area contributed by atoms with Crippen LogP contribution in [0.4, 0.5) is 10.6 Å². The van der Waals surface area contributed by atoms with E-state index in [2.05, 4.69) is 20.5 Å². The molecule has 2 aromatic heterocycles. The van der Waals surface area contributed by atoms with Gasteiger partial charge in [0, 0.05) is 45.1 Å². The summed E-state index contributed by atoms with van der Waals surface area (Å²) in [5.74, 6) is 0.885. The molecule has 7 nitrogen and oxygen atoms in total. The summed E-state index contributed by atoms with van der Waals surface area (Å²) in [5, 5.41) is 9.89. The van der Waals surface area contributed by atoms with Crippen molar-refractivity contribution < 1.29 is 4.79 Å². The molecule has 7 heteroatoms. The first-order valence-electron chi connectivity index (χ1n) is 8.30. The maximum atomic E-state index is 12.7. The van der Waals surface area contributed by atoms with E-state index in [0.29, 0.717) is 6.54 Å². The molecule has 1 aliphatic rings. The topological polar surface area (TPSA) is 77.2 Å². The predicted molar refractivity (Wildman–Crippen MR) is 92.7 cm³/mol. The monoisotopic (exact) mass is 328 g/mol. The van der Waals surface area contributed by atoms with Gasteiger partial charge in [-0.25, -0.2) is 9.78 Å². The van der Waals surface area contributed by atoms with Crippen molar-refractivity contribution in [1.29, 1.82) is 0 Å². The van der Waals surface area contributed by atoms with Crippen LogP contribution in [0.15, 0.2) is 30.7 Å². The molecule has 3 rings (SSSR count). The first-order valence-corrected chi connectivity index (χ1v) is 8.30. The Bertz CT molecular complexity index is 669. The minimum absolute atomic E-state index is 0.0240. The Morgan fingerprint density at radius 1 is 1.46 bits per heavy atom. The Morgan fingerprint density at radius 3 is 3.08 bits per heavy atom. The van der Waals surface area contributed by atoms with Crippen LogP contribution in [-0.2, 0) is 6.54 Å². The highest BCUT2D eigenvalue weighted by Gasteiger charge is 2.28. The quantitative estimate of drug-likeness (QED) is 0.903. The van der Waals surface area contributed by atoms with E-state index in [9.17, 15) is 4.79 Å². The summed E-state index contributed by atoms with van der Waals surface area (Å²) in [6.45, 7) is 1.28. The average molecular weight is 328 g/mol. The number of carbonyl (C=O) groups is 1. The Balaban J connectivity index is 1.64. The second-order valence-corrected chi connectivity index (χ2v) is 6.31. The summed E-state index contributed by atoms with van der Waals surface area (Å²) in [7, 11) is 3.90. The number of piperidine rings is 1. The molecular formula is C17H24N6O. The molecule has 1 fully saturated rings. The number of nitrogens with zero attached hydrogens (tertiary/aromatic N) is 4. The number of urea groups is 1. The molecule has 1 atom stereocenters. The lowest BCUT2D eigenvalue weighted by atomic mass is 9.98. The van der Waals surface area contributed by atoms with Crippen LogP contribution in [0.25, 0.3) is 0 Å². The molecule has 2 aromatic rings. The molecule has 3 heterocycles. The van der Waals surface area contributed by atoms with Crippen molar-refractivity contribution in [1.82, 2.24) is 25.4 Å². The van der Waals surface area contributed by atoms with E-state index < -0.39 is 0 Å². The molecule has 2 amide bonds. The highest BCUT2D eigenvalue weighted by atomic mass is 16.2. The van der Waals surface area contributed by atoms with Gasteiger partial charge in [-0.1, -0.05) is 0 Å². The van der Waals surface area contributed by atoms with Crippen LogP contribution in [0, 0.1) is 0 Å². The molecule has 1 aliphatic heterocycles. The lowest BCUT2D eigenvalue weighted by Crippen LogP contribution is -2.44. The van der Waals surface area contributed by atoms with Crippen LogP contribution in [0.3, 0.4) is 0 Å². The van der Waals surface area contributed by atoms with Crippen LogP contribution < -0.4 is 10.2 Å². The van der Waals surface area contributed by atoms with Gasteiger partial charge >= 0.3 is 6.03 Å². The number of rotatable bonds is 4. The molecule has 0 spiro atoms. The summed E-state index contributed by atoms with van der Waals surface area (Å²) in [4.78, 5) is 20.8. The summed E-state index contributed by atoms with van der Waals surface area (Å²) in [5.41, 5.74) is 2.11. The van der Waals surface area contributed by atoms with E-state index in [-0.39, 0.29) is 12.1 Å². The number of likely N-dealkylation sites (tertiary alicyclic amines) is 1. The van der Waals surface area contributed by atoms with Crippen molar-refractivity contribution in [2.75, 3.05) is 25.5 Å². The van der Waals surface area contributed by atoms with Gasteiger partial charge in [0.25, 0.3) is 0 Å². The van der Waals surface area contributed by atoms with E-state index in [4.69, 9.17) is 0 Å². The summed E-state index contributed by atoms with van der Waals surface area (Å²) in [6.07, 6.45) is 8.61. The first kappa shape index (κ1) is 16.3. The van der Waals surface area contributed by atoms with Crippen molar-refractivity contribution in [2.24, 2.45) is 0 Å². The smallest absolute Gasteiger partial charge is 0.318 e. The Morgan fingerprint density at radius 2 is 2.33 bits per heavy atom. The second kappa shape index (κ2) is 7.33. The fraction of sp³-hybridized carbons (Fsp3) is 0.471. The van der Waals surface area contributed by atoms with Crippen LogP contribution >= 0.6 is 0 Å². The van der Waals surface area contributed by atoms with Gasteiger partial charge in [0.15, 0.2) is 0 Å². The van der Waals surface area contributed by atoms with Crippen molar-refractivity contribution in [2.45, 2.75) is 31.8 Å². The minimum Gasteiger partial charge on any atom is -0.363 e. The number of H-pyrrole nitrogens is 1. The fourth-order valence-corrected chi connectivity index (χ4v) is 3.06. The summed E-state index contributed by atoms with van der Waals surface area (Å²) in [6, 6.07) is 4.00. The number of hydrogen-bond donors (Lipinski definition) is 2. The van der Waals surface area contributed by atoms with E-state index in [0.717, 1.165) is 42.8 Å². The van der Waals surface area contributed by atoms with Gasteiger partial charge in [0.1, 0.15) is 5.82 Å². The van der Waals surface area contributed by atoms with Gasteiger partial charge in [-0.3, -0.25) is 5.10 Å². The largest absolute Gasteiger partial charge is 0.363 e. The van der Waals surface area contributed by atoms with Gasteiger partial charge in [0.05, 0.1) is 12.2 Å². The van der Waals surface area contributed by atoms with Gasteiger partial charge in [-0.05, 0) is 37.0 Å². The van der Waals surface area contributed by atoms with E-state index >= 15 is 0 Å². The van der Waals surface area contributed by atoms with Crippen molar-refractivity contribution in [3.8, 4) is 0 Å². The number of aromatic nitrogens is 3. The zero-order valence-electron chi connectivity index (χ0n) is 14.2. The molecule has 0 aliphatic carbocycles. The van der Waals surface area contributed by atoms with E-state index in [1.54, 1.807) is 6.20 Å². The Labute approximate surface area is 142 Å². The number of aromatic amines is 1. The van der Waals surface area contributed by atoms with Gasteiger partial charge in [-0.15, -0.1) is 0 Å². The van der Waals surface area contributed by atoms with Crippen LogP contribution in [0.5, 0.6) is 0 Å². The summed E-state index contributed by atoms with van der Waals surface area (Å²) < 4.78 is 0. The first-order chi connectivity index (χ1) is 11.6. The third kappa shape index (κ3) is 3.67. The van der Waals surface area contributed by atoms with Crippen LogP contribution in [0.1, 0.15) is 36.4 Å². The molecule has 128 valence electrons. The lowest BCUT2D eigenvalue weighted by molar-refractivity contribution is 0.151. The zero-order valence-corrected chi connectivity index (χ0v) is 14.2. The molecule has 24 heavy (non-hydrogen) atoms. The second-order valence-electron chi connectivity index (χ2n) is 6.31. The molecule has 2 N–H and O–H groups in total. The van der Waals surface area contributed by atoms with Crippen LogP contribution in [0.2, 0.25) is 0 Å². The maximum absolute atomic E-state index is 12.7. The summed E-state index contributed by atoms with van der Waals surface area (Å²) >= 11 is 0. The Hall–Kier alpha value is -2.57. The number of carbonyl (C=O) groups excluding carboxylic acids is 1. The predicted octanol–water partition coefficient (Wildman–Crippen LogP) is 2.31. The van der Waals surface area contributed by atoms with Crippen molar-refractivity contribution in [3.05, 3.63) is 41.9 Å². The highest BCUT2D eigenvalue weighted by Crippen LogP contribution is 2.30. The molecule has 0 bridgehead atoms.